The van der Waals surface area contributed by atoms with Gasteiger partial charge in [-0.3, -0.25) is 4.79 Å². The van der Waals surface area contributed by atoms with E-state index >= 15 is 0 Å². The molecule has 0 spiro atoms. The number of benzene rings is 1. The molecule has 24 heavy (non-hydrogen) atoms. The van der Waals surface area contributed by atoms with Gasteiger partial charge in [0.2, 0.25) is 0 Å². The van der Waals surface area contributed by atoms with Crippen molar-refractivity contribution in [2.75, 3.05) is 6.54 Å². The predicted octanol–water partition coefficient (Wildman–Crippen LogP) is 4.71. The zero-order valence-corrected chi connectivity index (χ0v) is 14.6. The van der Waals surface area contributed by atoms with Crippen molar-refractivity contribution in [2.24, 2.45) is 5.92 Å². The first-order valence-corrected chi connectivity index (χ1v) is 8.52. The van der Waals surface area contributed by atoms with Gasteiger partial charge in [0.1, 0.15) is 5.69 Å². The molecule has 5 heteroatoms. The van der Waals surface area contributed by atoms with Gasteiger partial charge in [-0.15, -0.1) is 0 Å². The molecule has 0 fully saturated rings. The van der Waals surface area contributed by atoms with Crippen LogP contribution in [0.25, 0.3) is 11.1 Å². The summed E-state index contributed by atoms with van der Waals surface area (Å²) in [4.78, 5) is 12.6. The Bertz CT molecular complexity index is 848. The predicted molar refractivity (Wildman–Crippen MR) is 96.5 cm³/mol. The second kappa shape index (κ2) is 7.14. The molecule has 1 amide bonds. The third-order valence-electron chi connectivity index (χ3n) is 3.99. The number of nitrogens with one attached hydrogen (secondary N) is 1. The molecule has 4 nitrogen and oxygen atoms in total. The summed E-state index contributed by atoms with van der Waals surface area (Å²) in [5.41, 5.74) is 3.26. The monoisotopic (exact) mass is 344 g/mol. The largest absolute Gasteiger partial charge is 0.463 e. The van der Waals surface area contributed by atoms with Gasteiger partial charge in [-0.1, -0.05) is 37.6 Å². The Morgan fingerprint density at radius 1 is 1.29 bits per heavy atom. The van der Waals surface area contributed by atoms with Crippen LogP contribution >= 0.6 is 11.6 Å². The Morgan fingerprint density at radius 2 is 2.12 bits per heavy atom. The molecule has 2 aromatic heterocycles. The molecule has 0 unspecified atom stereocenters. The fourth-order valence-electron chi connectivity index (χ4n) is 2.72. The third-order valence-corrected chi connectivity index (χ3v) is 4.23. The molecule has 0 radical (unpaired) electrons. The highest BCUT2D eigenvalue weighted by molar-refractivity contribution is 6.30. The number of nitrogens with zero attached hydrogens (tertiary/aromatic N) is 1. The minimum absolute atomic E-state index is 0.0796. The molecule has 0 aliphatic heterocycles. The summed E-state index contributed by atoms with van der Waals surface area (Å²) < 4.78 is 7.43. The van der Waals surface area contributed by atoms with Crippen molar-refractivity contribution in [3.63, 3.8) is 0 Å². The first kappa shape index (κ1) is 16.7. The number of carbonyl (C=O) groups is 1. The molecule has 1 aromatic carbocycles. The van der Waals surface area contributed by atoms with Crippen LogP contribution in [0.2, 0.25) is 5.02 Å². The van der Waals surface area contributed by atoms with Crippen molar-refractivity contribution in [3.05, 3.63) is 58.9 Å². The van der Waals surface area contributed by atoms with Crippen molar-refractivity contribution >= 4 is 28.6 Å². The van der Waals surface area contributed by atoms with E-state index in [1.54, 1.807) is 12.3 Å². The zero-order valence-electron chi connectivity index (χ0n) is 13.9. The Labute approximate surface area is 146 Å². The van der Waals surface area contributed by atoms with Crippen molar-refractivity contribution in [3.8, 4) is 0 Å². The molecule has 0 aliphatic carbocycles. The minimum Gasteiger partial charge on any atom is -0.463 e. The second-order valence-electron chi connectivity index (χ2n) is 6.35. The quantitative estimate of drug-likeness (QED) is 0.703. The lowest BCUT2D eigenvalue weighted by molar-refractivity contribution is 0.0943. The van der Waals surface area contributed by atoms with Crippen LogP contribution in [0.5, 0.6) is 0 Å². The van der Waals surface area contributed by atoms with Crippen LogP contribution in [-0.4, -0.2) is 17.0 Å². The van der Waals surface area contributed by atoms with E-state index in [1.165, 1.54) is 0 Å². The molecular formula is C19H21ClN2O2. The molecule has 3 rings (SSSR count). The van der Waals surface area contributed by atoms with Gasteiger partial charge in [0.05, 0.1) is 11.8 Å². The highest BCUT2D eigenvalue weighted by Gasteiger charge is 2.17. The van der Waals surface area contributed by atoms with Crippen molar-refractivity contribution in [1.29, 1.82) is 0 Å². The van der Waals surface area contributed by atoms with Gasteiger partial charge in [0.25, 0.3) is 5.91 Å². The Hall–Kier alpha value is -2.20. The van der Waals surface area contributed by atoms with E-state index in [2.05, 4.69) is 19.2 Å². The lowest BCUT2D eigenvalue weighted by atomic mass is 10.1. The molecule has 0 saturated heterocycles. The molecule has 1 N–H and O–H groups in total. The van der Waals surface area contributed by atoms with Crippen molar-refractivity contribution in [1.82, 2.24) is 9.88 Å². The molecule has 2 heterocycles. The lowest BCUT2D eigenvalue weighted by Crippen LogP contribution is -2.27. The van der Waals surface area contributed by atoms with Gasteiger partial charge in [-0.2, -0.15) is 0 Å². The number of amides is 1. The van der Waals surface area contributed by atoms with Gasteiger partial charge in [-0.05, 0) is 30.0 Å². The molecule has 0 aliphatic rings. The lowest BCUT2D eigenvalue weighted by Gasteiger charge is -2.11. The number of rotatable bonds is 6. The number of halogens is 1. The third kappa shape index (κ3) is 3.65. The van der Waals surface area contributed by atoms with E-state index in [-0.39, 0.29) is 5.91 Å². The average Bonchev–Trinajstić information content (AvgIpc) is 3.09. The van der Waals surface area contributed by atoms with Gasteiger partial charge in [-0.25, -0.2) is 0 Å². The summed E-state index contributed by atoms with van der Waals surface area (Å²) in [7, 11) is 0. The van der Waals surface area contributed by atoms with Crippen molar-refractivity contribution < 1.29 is 9.21 Å². The number of furan rings is 1. The first-order valence-electron chi connectivity index (χ1n) is 8.14. The zero-order chi connectivity index (χ0) is 17.1. The highest BCUT2D eigenvalue weighted by atomic mass is 35.5. The molecule has 0 saturated carbocycles. The normalized spacial score (nSPS) is 11.3. The van der Waals surface area contributed by atoms with E-state index in [9.17, 15) is 4.79 Å². The Kier molecular flexibility index (Phi) is 4.95. The Morgan fingerprint density at radius 3 is 2.88 bits per heavy atom. The van der Waals surface area contributed by atoms with E-state index in [0.29, 0.717) is 35.3 Å². The SMILES string of the molecule is CC(C)CCNC(=O)c1cc2occc2n1Cc1cccc(Cl)c1. The van der Waals surface area contributed by atoms with Crippen molar-refractivity contribution in [2.45, 2.75) is 26.8 Å². The van der Waals surface area contributed by atoms with Crippen LogP contribution in [0, 0.1) is 5.92 Å². The van der Waals surface area contributed by atoms with Gasteiger partial charge < -0.3 is 14.3 Å². The van der Waals surface area contributed by atoms with Crippen LogP contribution in [0.15, 0.2) is 47.1 Å². The van der Waals surface area contributed by atoms with E-state index in [4.69, 9.17) is 16.0 Å². The topological polar surface area (TPSA) is 47.2 Å². The molecule has 0 atom stereocenters. The van der Waals surface area contributed by atoms with E-state index < -0.39 is 0 Å². The first-order chi connectivity index (χ1) is 11.5. The number of aromatic nitrogens is 1. The fourth-order valence-corrected chi connectivity index (χ4v) is 2.93. The minimum atomic E-state index is -0.0796. The standard InChI is InChI=1S/C19H21ClN2O2/c1-13(2)6-8-21-19(23)17-11-18-16(7-9-24-18)22(17)12-14-4-3-5-15(20)10-14/h3-5,7,9-11,13H,6,8,12H2,1-2H3,(H,21,23). The maximum atomic E-state index is 12.6. The van der Waals surface area contributed by atoms with Gasteiger partial charge >= 0.3 is 0 Å². The summed E-state index contributed by atoms with van der Waals surface area (Å²) in [5.74, 6) is 0.476. The van der Waals surface area contributed by atoms with Crippen LogP contribution in [-0.2, 0) is 6.54 Å². The van der Waals surface area contributed by atoms with Gasteiger partial charge in [0, 0.05) is 30.2 Å². The van der Waals surface area contributed by atoms with E-state index in [0.717, 1.165) is 17.5 Å². The smallest absolute Gasteiger partial charge is 0.268 e. The highest BCUT2D eigenvalue weighted by Crippen LogP contribution is 2.23. The van der Waals surface area contributed by atoms with Crippen LogP contribution in [0.4, 0.5) is 0 Å². The summed E-state index contributed by atoms with van der Waals surface area (Å²) in [5, 5.41) is 3.68. The average molecular weight is 345 g/mol. The Balaban J connectivity index is 1.87. The van der Waals surface area contributed by atoms with E-state index in [1.807, 2.05) is 34.9 Å². The number of fused-ring (bicyclic) bond motifs is 1. The van der Waals surface area contributed by atoms with Crippen LogP contribution < -0.4 is 5.32 Å². The van der Waals surface area contributed by atoms with Crippen LogP contribution in [0.3, 0.4) is 0 Å². The summed E-state index contributed by atoms with van der Waals surface area (Å²) in [6, 6.07) is 11.3. The number of hydrogen-bond acceptors (Lipinski definition) is 2. The number of hydrogen-bond donors (Lipinski definition) is 1. The second-order valence-corrected chi connectivity index (χ2v) is 6.79. The maximum Gasteiger partial charge on any atom is 0.268 e. The molecule has 0 bridgehead atoms. The van der Waals surface area contributed by atoms with Gasteiger partial charge in [0.15, 0.2) is 5.58 Å². The van der Waals surface area contributed by atoms with Crippen LogP contribution in [0.1, 0.15) is 36.3 Å². The summed E-state index contributed by atoms with van der Waals surface area (Å²) >= 11 is 6.08. The summed E-state index contributed by atoms with van der Waals surface area (Å²) in [6.07, 6.45) is 2.59. The number of carbonyl (C=O) groups excluding carboxylic acids is 1. The summed E-state index contributed by atoms with van der Waals surface area (Å²) in [6.45, 7) is 5.51. The maximum absolute atomic E-state index is 12.6. The molecule has 126 valence electrons. The fraction of sp³-hybridized carbons (Fsp3) is 0.316. The molecular weight excluding hydrogens is 324 g/mol. The molecule has 3 aromatic rings.